The average Bonchev–Trinajstić information content (AvgIpc) is 2.49. The molecule has 1 fully saturated rings. The number of carbonyl (C=O) groups is 1. The van der Waals surface area contributed by atoms with Gasteiger partial charge in [-0.05, 0) is 25.9 Å². The number of carboxylic acid groups (broad SMARTS) is 1. The molecule has 2 N–H and O–H groups in total. The van der Waals surface area contributed by atoms with Crippen LogP contribution in [-0.4, -0.2) is 34.0 Å². The van der Waals surface area contributed by atoms with Crippen molar-refractivity contribution in [3.05, 3.63) is 44.0 Å². The molecule has 1 saturated heterocycles. The van der Waals surface area contributed by atoms with E-state index in [1.54, 1.807) is 0 Å². The van der Waals surface area contributed by atoms with Gasteiger partial charge in [0.05, 0.1) is 21.5 Å². The Balaban J connectivity index is 0.000000304. The van der Waals surface area contributed by atoms with Crippen LogP contribution >= 0.6 is 0 Å². The normalized spacial score (nSPS) is 13.7. The molecule has 0 spiro atoms. The number of hydrogen-bond acceptors (Lipinski definition) is 6. The molecule has 0 aliphatic carbocycles. The summed E-state index contributed by atoms with van der Waals surface area (Å²) in [6.45, 7) is 2.50. The lowest BCUT2D eigenvalue weighted by Crippen LogP contribution is -2.21. The van der Waals surface area contributed by atoms with E-state index in [2.05, 4.69) is 5.32 Å². The highest BCUT2D eigenvalue weighted by molar-refractivity contribution is 5.89. The summed E-state index contributed by atoms with van der Waals surface area (Å²) >= 11 is 0. The van der Waals surface area contributed by atoms with Crippen LogP contribution in [0, 0.1) is 20.2 Å². The Morgan fingerprint density at radius 2 is 1.48 bits per heavy atom. The molecular weight excluding hydrogens is 282 g/mol. The first kappa shape index (κ1) is 16.5. The Morgan fingerprint density at radius 3 is 1.71 bits per heavy atom. The summed E-state index contributed by atoms with van der Waals surface area (Å²) in [4.78, 5) is 29.4. The molecule has 1 heterocycles. The molecule has 1 aromatic carbocycles. The molecule has 1 aromatic rings. The number of nitro benzene ring substituents is 2. The van der Waals surface area contributed by atoms with Gasteiger partial charge in [0.1, 0.15) is 0 Å². The van der Waals surface area contributed by atoms with E-state index in [9.17, 15) is 25.0 Å². The van der Waals surface area contributed by atoms with Gasteiger partial charge in [-0.15, -0.1) is 0 Å². The molecule has 0 unspecified atom stereocenters. The van der Waals surface area contributed by atoms with Gasteiger partial charge in [-0.25, -0.2) is 4.79 Å². The Bertz CT molecular complexity index is 451. The Morgan fingerprint density at radius 1 is 1.00 bits per heavy atom. The zero-order valence-corrected chi connectivity index (χ0v) is 11.2. The van der Waals surface area contributed by atoms with E-state index in [0.29, 0.717) is 6.07 Å². The topological polar surface area (TPSA) is 136 Å². The molecule has 0 aromatic heterocycles. The van der Waals surface area contributed by atoms with Gasteiger partial charge in [0.25, 0.3) is 11.4 Å². The number of hydrogen-bond donors (Lipinski definition) is 2. The fourth-order valence-electron chi connectivity index (χ4n) is 1.73. The second kappa shape index (κ2) is 7.90. The van der Waals surface area contributed by atoms with Crippen molar-refractivity contribution < 1.29 is 19.7 Å². The van der Waals surface area contributed by atoms with Gasteiger partial charge in [-0.2, -0.15) is 0 Å². The van der Waals surface area contributed by atoms with Gasteiger partial charge in [0.15, 0.2) is 0 Å². The van der Waals surface area contributed by atoms with Crippen LogP contribution in [0.2, 0.25) is 0 Å². The highest BCUT2D eigenvalue weighted by Crippen LogP contribution is 2.22. The molecule has 2 rings (SSSR count). The first-order valence-electron chi connectivity index (χ1n) is 6.29. The van der Waals surface area contributed by atoms with Crippen molar-refractivity contribution in [2.75, 3.05) is 13.1 Å². The summed E-state index contributed by atoms with van der Waals surface area (Å²) in [5, 5.41) is 32.5. The maximum absolute atomic E-state index is 10.5. The summed E-state index contributed by atoms with van der Waals surface area (Å²) in [5.74, 6) is -1.46. The number of carboxylic acids is 1. The minimum atomic E-state index is -1.46. The molecule has 0 radical (unpaired) electrons. The minimum absolute atomic E-state index is 0.490. The van der Waals surface area contributed by atoms with Crippen LogP contribution < -0.4 is 5.32 Å². The number of non-ortho nitro benzene ring substituents is 2. The maximum atomic E-state index is 10.5. The smallest absolute Gasteiger partial charge is 0.336 e. The van der Waals surface area contributed by atoms with Gasteiger partial charge >= 0.3 is 5.97 Å². The second-order valence-electron chi connectivity index (χ2n) is 4.37. The molecule has 0 atom stereocenters. The van der Waals surface area contributed by atoms with E-state index in [4.69, 9.17) is 5.11 Å². The lowest BCUT2D eigenvalue weighted by atomic mass is 10.2. The molecule has 9 nitrogen and oxygen atoms in total. The lowest BCUT2D eigenvalue weighted by molar-refractivity contribution is -0.394. The largest absolute Gasteiger partial charge is 0.478 e. The summed E-state index contributed by atoms with van der Waals surface area (Å²) in [6, 6.07) is 2.22. The summed E-state index contributed by atoms with van der Waals surface area (Å²) in [7, 11) is 0. The van der Waals surface area contributed by atoms with Crippen molar-refractivity contribution in [1.82, 2.24) is 5.32 Å². The molecule has 9 heteroatoms. The third kappa shape index (κ3) is 5.53. The van der Waals surface area contributed by atoms with Crippen molar-refractivity contribution >= 4 is 17.3 Å². The van der Waals surface area contributed by atoms with E-state index in [0.717, 1.165) is 12.1 Å². The zero-order valence-electron chi connectivity index (χ0n) is 11.2. The highest BCUT2D eigenvalue weighted by atomic mass is 16.6. The number of rotatable bonds is 3. The first-order chi connectivity index (χ1) is 9.91. The summed E-state index contributed by atoms with van der Waals surface area (Å²) in [6.07, 6.45) is 4.22. The maximum Gasteiger partial charge on any atom is 0.336 e. The fourth-order valence-corrected chi connectivity index (χ4v) is 1.73. The first-order valence-corrected chi connectivity index (χ1v) is 6.29. The molecule has 0 saturated carbocycles. The van der Waals surface area contributed by atoms with Crippen molar-refractivity contribution in [3.63, 3.8) is 0 Å². The van der Waals surface area contributed by atoms with Crippen molar-refractivity contribution in [2.24, 2.45) is 0 Å². The monoisotopic (exact) mass is 297 g/mol. The number of nitrogens with one attached hydrogen (secondary N) is 1. The predicted octanol–water partition coefficient (Wildman–Crippen LogP) is 1.96. The van der Waals surface area contributed by atoms with E-state index in [-0.39, 0.29) is 0 Å². The van der Waals surface area contributed by atoms with Crippen LogP contribution in [-0.2, 0) is 0 Å². The van der Waals surface area contributed by atoms with Crippen molar-refractivity contribution in [2.45, 2.75) is 19.3 Å². The van der Waals surface area contributed by atoms with Crippen LogP contribution in [0.3, 0.4) is 0 Å². The average molecular weight is 297 g/mol. The lowest BCUT2D eigenvalue weighted by Gasteiger charge is -2.08. The predicted molar refractivity (Wildman–Crippen MR) is 73.4 cm³/mol. The van der Waals surface area contributed by atoms with Crippen molar-refractivity contribution in [3.8, 4) is 0 Å². The van der Waals surface area contributed by atoms with Crippen LogP contribution in [0.15, 0.2) is 18.2 Å². The molecule has 114 valence electrons. The third-order valence-corrected chi connectivity index (χ3v) is 2.78. The molecule has 1 aliphatic rings. The number of nitro groups is 2. The molecule has 0 amide bonds. The summed E-state index contributed by atoms with van der Waals surface area (Å²) < 4.78 is 0. The Hall–Kier alpha value is -2.55. The minimum Gasteiger partial charge on any atom is -0.478 e. The van der Waals surface area contributed by atoms with Crippen LogP contribution in [0.1, 0.15) is 29.6 Å². The molecular formula is C12H15N3O6. The van der Waals surface area contributed by atoms with Gasteiger partial charge in [0.2, 0.25) is 0 Å². The number of piperidine rings is 1. The molecule has 21 heavy (non-hydrogen) atoms. The molecule has 0 bridgehead atoms. The van der Waals surface area contributed by atoms with Crippen molar-refractivity contribution in [1.29, 1.82) is 0 Å². The van der Waals surface area contributed by atoms with Crippen LogP contribution in [0.25, 0.3) is 0 Å². The van der Waals surface area contributed by atoms with Crippen LogP contribution in [0.4, 0.5) is 11.4 Å². The van der Waals surface area contributed by atoms with E-state index in [1.165, 1.54) is 32.4 Å². The van der Waals surface area contributed by atoms with Gasteiger partial charge in [-0.3, -0.25) is 20.2 Å². The Kier molecular flexibility index (Phi) is 6.21. The van der Waals surface area contributed by atoms with Gasteiger partial charge in [0, 0.05) is 12.1 Å². The SMILES string of the molecule is C1CCNCC1.O=C(O)c1cc([N+](=O)[O-])cc([N+](=O)[O-])c1. The van der Waals surface area contributed by atoms with E-state index in [1.807, 2.05) is 0 Å². The second-order valence-corrected chi connectivity index (χ2v) is 4.37. The zero-order chi connectivity index (χ0) is 15.8. The van der Waals surface area contributed by atoms with Gasteiger partial charge < -0.3 is 10.4 Å². The van der Waals surface area contributed by atoms with Gasteiger partial charge in [-0.1, -0.05) is 6.42 Å². The third-order valence-electron chi connectivity index (χ3n) is 2.78. The quantitative estimate of drug-likeness (QED) is 0.642. The number of benzene rings is 1. The van der Waals surface area contributed by atoms with E-state index >= 15 is 0 Å². The van der Waals surface area contributed by atoms with Crippen LogP contribution in [0.5, 0.6) is 0 Å². The standard InChI is InChI=1S/C7H4N2O6.C5H11N/c10-7(11)4-1-5(8(12)13)3-6(2-4)9(14)15;1-2-4-6-5-3-1/h1-3H,(H,10,11);6H,1-5H2. The number of aromatic carboxylic acids is 1. The van der Waals surface area contributed by atoms with E-state index < -0.39 is 32.8 Å². The number of nitrogens with zero attached hydrogens (tertiary/aromatic N) is 2. The highest BCUT2D eigenvalue weighted by Gasteiger charge is 2.19. The fraction of sp³-hybridized carbons (Fsp3) is 0.417. The molecule has 1 aliphatic heterocycles. The Labute approximate surface area is 119 Å². The summed E-state index contributed by atoms with van der Waals surface area (Å²) in [5.41, 5.74) is -1.74.